The topological polar surface area (TPSA) is 24.7 Å². The molecule has 1 aromatic heterocycles. The molecule has 120 valence electrons. The molecule has 0 radical (unpaired) electrons. The Morgan fingerprint density at radius 1 is 0.667 bits per heavy atom. The molecule has 1 heterocycles. The maximum atomic E-state index is 4.71. The van der Waals surface area contributed by atoms with Gasteiger partial charge in [-0.2, -0.15) is 0 Å². The molecule has 2 aromatic carbocycles. The summed E-state index contributed by atoms with van der Waals surface area (Å²) < 4.78 is 0. The van der Waals surface area contributed by atoms with Crippen LogP contribution in [-0.2, 0) is 0 Å². The highest BCUT2D eigenvalue weighted by molar-refractivity contribution is 7.16. The van der Waals surface area contributed by atoms with Gasteiger partial charge < -0.3 is 0 Å². The fraction of sp³-hybridized carbons (Fsp3) is 0.143. The van der Waals surface area contributed by atoms with Gasteiger partial charge in [0.2, 0.25) is 0 Å². The highest BCUT2D eigenvalue weighted by Crippen LogP contribution is 2.22. The van der Waals surface area contributed by atoms with E-state index in [-0.39, 0.29) is 0 Å². The van der Waals surface area contributed by atoms with Crippen molar-refractivity contribution in [3.8, 4) is 0 Å². The van der Waals surface area contributed by atoms with Crippen molar-refractivity contribution in [1.29, 1.82) is 0 Å². The summed E-state index contributed by atoms with van der Waals surface area (Å²) in [5, 5.41) is 0. The molecule has 3 aromatic rings. The van der Waals surface area contributed by atoms with Crippen molar-refractivity contribution in [3.63, 3.8) is 0 Å². The Bertz CT molecular complexity index is 872. The van der Waals surface area contributed by atoms with E-state index in [9.17, 15) is 0 Å². The lowest BCUT2D eigenvalue weighted by Crippen LogP contribution is -1.90. The zero-order valence-corrected chi connectivity index (χ0v) is 15.0. The van der Waals surface area contributed by atoms with Crippen molar-refractivity contribution in [1.82, 2.24) is 0 Å². The summed E-state index contributed by atoms with van der Waals surface area (Å²) in [5.74, 6) is 0. The summed E-state index contributed by atoms with van der Waals surface area (Å²) in [5.41, 5.74) is 5.28. The van der Waals surface area contributed by atoms with Gasteiger partial charge in [0.15, 0.2) is 0 Å². The second kappa shape index (κ2) is 7.37. The first kappa shape index (κ1) is 16.3. The maximum Gasteiger partial charge on any atom is 0.0633 e. The van der Waals surface area contributed by atoms with E-state index < -0.39 is 0 Å². The number of aryl methyl sites for hydroxylation is 1. The minimum absolute atomic E-state index is 0.981. The van der Waals surface area contributed by atoms with E-state index in [0.717, 1.165) is 22.8 Å². The fourth-order valence-corrected chi connectivity index (χ4v) is 3.24. The van der Waals surface area contributed by atoms with Gasteiger partial charge in [-0.1, -0.05) is 35.9 Å². The van der Waals surface area contributed by atoms with Crippen molar-refractivity contribution in [2.75, 3.05) is 0 Å². The third-order valence-electron chi connectivity index (χ3n) is 3.70. The standard InChI is InChI=1S/C21H20N2S/c1-15-9-11-19(12-10-15)23-17(3)21-14-13-20(24-21)16(2)22-18-7-5-4-6-8-18/h4-14H,1-3H3. The first-order valence-corrected chi connectivity index (χ1v) is 8.76. The zero-order chi connectivity index (χ0) is 16.9. The Morgan fingerprint density at radius 3 is 1.71 bits per heavy atom. The van der Waals surface area contributed by atoms with Crippen LogP contribution in [-0.4, -0.2) is 11.4 Å². The van der Waals surface area contributed by atoms with Gasteiger partial charge in [-0.05, 0) is 57.2 Å². The molecule has 24 heavy (non-hydrogen) atoms. The molecule has 0 fully saturated rings. The van der Waals surface area contributed by atoms with Crippen molar-refractivity contribution < 1.29 is 0 Å². The van der Waals surface area contributed by atoms with Crippen LogP contribution in [0.25, 0.3) is 0 Å². The predicted molar refractivity (Wildman–Crippen MR) is 106 cm³/mol. The van der Waals surface area contributed by atoms with Crippen molar-refractivity contribution >= 4 is 34.1 Å². The summed E-state index contributed by atoms with van der Waals surface area (Å²) in [7, 11) is 0. The predicted octanol–water partition coefficient (Wildman–Crippen LogP) is 6.34. The van der Waals surface area contributed by atoms with Crippen LogP contribution in [0.4, 0.5) is 11.4 Å². The third kappa shape index (κ3) is 4.06. The van der Waals surface area contributed by atoms with E-state index in [4.69, 9.17) is 4.99 Å². The highest BCUT2D eigenvalue weighted by Gasteiger charge is 2.06. The molecule has 0 amide bonds. The molecule has 0 aliphatic heterocycles. The van der Waals surface area contributed by atoms with Gasteiger partial charge in [-0.3, -0.25) is 9.98 Å². The fourth-order valence-electron chi connectivity index (χ4n) is 2.35. The van der Waals surface area contributed by atoms with Gasteiger partial charge in [0, 0.05) is 9.75 Å². The van der Waals surface area contributed by atoms with Gasteiger partial charge in [-0.15, -0.1) is 11.3 Å². The normalized spacial score (nSPS) is 12.5. The number of nitrogens with zero attached hydrogens (tertiary/aromatic N) is 2. The molecule has 0 unspecified atom stereocenters. The smallest absolute Gasteiger partial charge is 0.0633 e. The summed E-state index contributed by atoms with van der Waals surface area (Å²) >= 11 is 1.73. The van der Waals surface area contributed by atoms with Crippen LogP contribution in [0.3, 0.4) is 0 Å². The van der Waals surface area contributed by atoms with E-state index in [1.165, 1.54) is 15.3 Å². The Morgan fingerprint density at radius 2 is 1.17 bits per heavy atom. The van der Waals surface area contributed by atoms with Gasteiger partial charge in [0.05, 0.1) is 22.8 Å². The molecule has 0 saturated carbocycles. The van der Waals surface area contributed by atoms with E-state index in [0.29, 0.717) is 0 Å². The quantitative estimate of drug-likeness (QED) is 0.498. The van der Waals surface area contributed by atoms with Crippen molar-refractivity contribution in [3.05, 3.63) is 82.0 Å². The van der Waals surface area contributed by atoms with Crippen LogP contribution < -0.4 is 0 Å². The van der Waals surface area contributed by atoms with E-state index >= 15 is 0 Å². The minimum atomic E-state index is 0.981. The number of hydrogen-bond acceptors (Lipinski definition) is 3. The van der Waals surface area contributed by atoms with E-state index in [1.54, 1.807) is 11.3 Å². The molecule has 2 nitrogen and oxygen atoms in total. The molecule has 3 heteroatoms. The van der Waals surface area contributed by atoms with Gasteiger partial charge >= 0.3 is 0 Å². The Labute approximate surface area is 147 Å². The van der Waals surface area contributed by atoms with Gasteiger partial charge in [-0.25, -0.2) is 0 Å². The molecule has 0 aliphatic rings. The lowest BCUT2D eigenvalue weighted by molar-refractivity contribution is 1.43. The summed E-state index contributed by atoms with van der Waals surface area (Å²) in [6, 6.07) is 22.6. The molecule has 0 saturated heterocycles. The molecule has 0 bridgehead atoms. The molecule has 3 rings (SSSR count). The van der Waals surface area contributed by atoms with Crippen molar-refractivity contribution in [2.24, 2.45) is 9.98 Å². The summed E-state index contributed by atoms with van der Waals surface area (Å²) in [4.78, 5) is 11.7. The van der Waals surface area contributed by atoms with Crippen LogP contribution in [0.15, 0.2) is 76.7 Å². The van der Waals surface area contributed by atoms with Crippen LogP contribution in [0.1, 0.15) is 29.2 Å². The Balaban J connectivity index is 1.82. The number of aliphatic imine (C=N–C) groups is 2. The molecular weight excluding hydrogens is 312 g/mol. The molecular formula is C21H20N2S. The maximum absolute atomic E-state index is 4.71. The largest absolute Gasteiger partial charge is 0.252 e. The molecule has 0 aliphatic carbocycles. The number of thiophene rings is 1. The zero-order valence-electron chi connectivity index (χ0n) is 14.2. The Kier molecular flexibility index (Phi) is 5.02. The SMILES string of the molecule is CC(=Nc1ccccc1)c1ccc(C(C)=Nc2ccc(C)cc2)s1. The summed E-state index contributed by atoms with van der Waals surface area (Å²) in [6.07, 6.45) is 0. The Hall–Kier alpha value is -2.52. The van der Waals surface area contributed by atoms with Crippen LogP contribution >= 0.6 is 11.3 Å². The monoisotopic (exact) mass is 332 g/mol. The lowest BCUT2D eigenvalue weighted by atomic mass is 10.2. The second-order valence-corrected chi connectivity index (χ2v) is 6.81. The average Bonchev–Trinajstić information content (AvgIpc) is 3.08. The van der Waals surface area contributed by atoms with E-state index in [1.807, 2.05) is 30.3 Å². The van der Waals surface area contributed by atoms with Gasteiger partial charge in [0.1, 0.15) is 0 Å². The van der Waals surface area contributed by atoms with E-state index in [2.05, 4.69) is 62.2 Å². The number of rotatable bonds is 4. The van der Waals surface area contributed by atoms with Gasteiger partial charge in [0.25, 0.3) is 0 Å². The molecule has 0 spiro atoms. The third-order valence-corrected chi connectivity index (χ3v) is 5.01. The number of hydrogen-bond donors (Lipinski definition) is 0. The second-order valence-electron chi connectivity index (χ2n) is 5.73. The number of benzene rings is 2. The molecule has 0 N–H and O–H groups in total. The van der Waals surface area contributed by atoms with Crippen LogP contribution in [0.5, 0.6) is 0 Å². The molecule has 0 atom stereocenters. The minimum Gasteiger partial charge on any atom is -0.252 e. The van der Waals surface area contributed by atoms with Crippen molar-refractivity contribution in [2.45, 2.75) is 20.8 Å². The number of para-hydroxylation sites is 1. The first-order chi connectivity index (χ1) is 11.6. The summed E-state index contributed by atoms with van der Waals surface area (Å²) in [6.45, 7) is 6.19. The van der Waals surface area contributed by atoms with Crippen LogP contribution in [0.2, 0.25) is 0 Å². The first-order valence-electron chi connectivity index (χ1n) is 7.95. The average molecular weight is 332 g/mol. The van der Waals surface area contributed by atoms with Crippen LogP contribution in [0, 0.1) is 6.92 Å². The highest BCUT2D eigenvalue weighted by atomic mass is 32.1. The lowest BCUT2D eigenvalue weighted by Gasteiger charge is -1.99.